The Morgan fingerprint density at radius 1 is 1.29 bits per heavy atom. The molecule has 9 nitrogen and oxygen atoms in total. The predicted molar refractivity (Wildman–Crippen MR) is 113 cm³/mol. The number of nitrogens with one attached hydrogen (secondary N) is 1. The first-order chi connectivity index (χ1) is 14.9. The molecule has 1 aromatic carbocycles. The standard InChI is InChI=1S/C22H29N3O6/c1-14(18-11-15-2-3-16(18)10-15)23-21(26)13-31-22(27)19-12-17(25(28)29)4-5-20(19)24-6-8-30-9-7-24/h4-5,12,14-16,18H,2-3,6-11,13H2,1H3,(H,23,26)/t14-,15-,16-,18-/m1/s1. The summed E-state index contributed by atoms with van der Waals surface area (Å²) in [7, 11) is 0. The Morgan fingerprint density at radius 2 is 2.06 bits per heavy atom. The summed E-state index contributed by atoms with van der Waals surface area (Å²) in [6.07, 6.45) is 4.95. The topological polar surface area (TPSA) is 111 Å². The van der Waals surface area contributed by atoms with Crippen LogP contribution < -0.4 is 10.2 Å². The van der Waals surface area contributed by atoms with Gasteiger partial charge in [0.2, 0.25) is 0 Å². The molecule has 2 aliphatic carbocycles. The van der Waals surface area contributed by atoms with Crippen LogP contribution in [0.25, 0.3) is 0 Å². The quantitative estimate of drug-likeness (QED) is 0.401. The maximum absolute atomic E-state index is 12.8. The van der Waals surface area contributed by atoms with Crippen molar-refractivity contribution in [3.8, 4) is 0 Å². The number of carbonyl (C=O) groups excluding carboxylic acids is 2. The molecule has 168 valence electrons. The van der Waals surface area contributed by atoms with Gasteiger partial charge in [0.25, 0.3) is 11.6 Å². The summed E-state index contributed by atoms with van der Waals surface area (Å²) < 4.78 is 10.6. The number of hydrogen-bond acceptors (Lipinski definition) is 7. The lowest BCUT2D eigenvalue weighted by atomic mass is 9.84. The largest absolute Gasteiger partial charge is 0.452 e. The minimum atomic E-state index is -0.743. The van der Waals surface area contributed by atoms with Crippen LogP contribution in [-0.4, -0.2) is 55.8 Å². The molecule has 3 fully saturated rings. The number of nitro benzene ring substituents is 1. The van der Waals surface area contributed by atoms with Crippen LogP contribution in [-0.2, 0) is 14.3 Å². The van der Waals surface area contributed by atoms with E-state index >= 15 is 0 Å². The Labute approximate surface area is 181 Å². The van der Waals surface area contributed by atoms with Crippen LogP contribution in [0.2, 0.25) is 0 Å². The Kier molecular flexibility index (Phi) is 6.41. The molecule has 0 radical (unpaired) electrons. The van der Waals surface area contributed by atoms with Crippen molar-refractivity contribution in [2.75, 3.05) is 37.8 Å². The number of amides is 1. The van der Waals surface area contributed by atoms with E-state index in [0.717, 1.165) is 12.3 Å². The molecule has 1 N–H and O–H groups in total. The average molecular weight is 431 g/mol. The molecule has 1 amide bonds. The Morgan fingerprint density at radius 3 is 2.71 bits per heavy atom. The van der Waals surface area contributed by atoms with Crippen molar-refractivity contribution < 1.29 is 24.0 Å². The minimum absolute atomic E-state index is 0.0447. The number of benzene rings is 1. The maximum Gasteiger partial charge on any atom is 0.341 e. The van der Waals surface area contributed by atoms with Crippen LogP contribution in [0.1, 0.15) is 43.0 Å². The summed E-state index contributed by atoms with van der Waals surface area (Å²) >= 11 is 0. The van der Waals surface area contributed by atoms with E-state index in [1.807, 2.05) is 11.8 Å². The molecule has 4 atom stereocenters. The number of ether oxygens (including phenoxy) is 2. The number of nitrogens with zero attached hydrogens (tertiary/aromatic N) is 2. The molecule has 1 heterocycles. The SMILES string of the molecule is C[C@@H](NC(=O)COC(=O)c1cc([N+](=O)[O-])ccc1N1CCOCC1)[C@H]1C[C@@H]2CC[C@@H]1C2. The second-order valence-electron chi connectivity index (χ2n) is 8.83. The Hall–Kier alpha value is -2.68. The predicted octanol–water partition coefficient (Wildman–Crippen LogP) is 2.53. The number of nitro groups is 1. The first-order valence-electron chi connectivity index (χ1n) is 11.0. The number of rotatable bonds is 7. The number of carbonyl (C=O) groups is 2. The molecule has 4 rings (SSSR count). The van der Waals surface area contributed by atoms with E-state index in [2.05, 4.69) is 5.32 Å². The summed E-state index contributed by atoms with van der Waals surface area (Å²) in [5.74, 6) is 0.876. The van der Waals surface area contributed by atoms with E-state index < -0.39 is 17.5 Å². The van der Waals surface area contributed by atoms with Crippen molar-refractivity contribution >= 4 is 23.3 Å². The molecule has 0 aromatic heterocycles. The molecule has 1 aromatic rings. The van der Waals surface area contributed by atoms with Crippen molar-refractivity contribution in [1.29, 1.82) is 0 Å². The van der Waals surface area contributed by atoms with E-state index in [9.17, 15) is 19.7 Å². The van der Waals surface area contributed by atoms with Gasteiger partial charge in [0, 0.05) is 31.3 Å². The molecular weight excluding hydrogens is 402 g/mol. The van der Waals surface area contributed by atoms with Gasteiger partial charge in [0.05, 0.1) is 29.4 Å². The second kappa shape index (κ2) is 9.21. The van der Waals surface area contributed by atoms with Crippen LogP contribution in [0.5, 0.6) is 0 Å². The highest BCUT2D eigenvalue weighted by Crippen LogP contribution is 2.49. The lowest BCUT2D eigenvalue weighted by molar-refractivity contribution is -0.384. The molecule has 31 heavy (non-hydrogen) atoms. The van der Waals surface area contributed by atoms with E-state index in [1.165, 1.54) is 31.4 Å². The third-order valence-electron chi connectivity index (χ3n) is 6.92. The number of non-ortho nitro benzene ring substituents is 1. The minimum Gasteiger partial charge on any atom is -0.452 e. The zero-order valence-corrected chi connectivity index (χ0v) is 17.7. The van der Waals surface area contributed by atoms with Crippen LogP contribution in [0.15, 0.2) is 18.2 Å². The number of fused-ring (bicyclic) bond motifs is 2. The van der Waals surface area contributed by atoms with Gasteiger partial charge in [0.15, 0.2) is 6.61 Å². The van der Waals surface area contributed by atoms with Gasteiger partial charge in [-0.3, -0.25) is 14.9 Å². The van der Waals surface area contributed by atoms with Gasteiger partial charge < -0.3 is 19.7 Å². The van der Waals surface area contributed by atoms with Gasteiger partial charge in [-0.2, -0.15) is 0 Å². The van der Waals surface area contributed by atoms with E-state index in [4.69, 9.17) is 9.47 Å². The van der Waals surface area contributed by atoms with Crippen LogP contribution in [0.3, 0.4) is 0 Å². The van der Waals surface area contributed by atoms with Crippen molar-refractivity contribution in [2.45, 2.75) is 38.6 Å². The average Bonchev–Trinajstić information content (AvgIpc) is 3.41. The molecule has 3 aliphatic rings. The van der Waals surface area contributed by atoms with E-state index in [1.54, 1.807) is 6.07 Å². The number of anilines is 1. The van der Waals surface area contributed by atoms with Crippen LogP contribution in [0, 0.1) is 27.9 Å². The second-order valence-corrected chi connectivity index (χ2v) is 8.83. The van der Waals surface area contributed by atoms with Crippen LogP contribution in [0.4, 0.5) is 11.4 Å². The number of esters is 1. The highest BCUT2D eigenvalue weighted by Gasteiger charge is 2.42. The van der Waals surface area contributed by atoms with Crippen LogP contribution >= 0.6 is 0 Å². The first kappa shape index (κ1) is 21.5. The van der Waals surface area contributed by atoms with Gasteiger partial charge in [0.1, 0.15) is 0 Å². The molecule has 2 bridgehead atoms. The summed E-state index contributed by atoms with van der Waals surface area (Å²) in [6.45, 7) is 3.76. The highest BCUT2D eigenvalue weighted by molar-refractivity contribution is 5.97. The molecule has 0 spiro atoms. The van der Waals surface area contributed by atoms with E-state index in [0.29, 0.717) is 43.8 Å². The Balaban J connectivity index is 1.38. The van der Waals surface area contributed by atoms with Crippen molar-refractivity contribution in [2.24, 2.45) is 17.8 Å². The lowest BCUT2D eigenvalue weighted by Gasteiger charge is -2.30. The third kappa shape index (κ3) is 4.81. The molecule has 9 heteroatoms. The molecule has 0 unspecified atom stereocenters. The normalized spacial score (nSPS) is 25.8. The molecule has 1 saturated heterocycles. The zero-order chi connectivity index (χ0) is 22.0. The van der Waals surface area contributed by atoms with Crippen molar-refractivity contribution in [1.82, 2.24) is 5.32 Å². The van der Waals surface area contributed by atoms with Gasteiger partial charge in [-0.25, -0.2) is 4.79 Å². The van der Waals surface area contributed by atoms with Crippen molar-refractivity contribution in [3.05, 3.63) is 33.9 Å². The van der Waals surface area contributed by atoms with Gasteiger partial charge in [-0.15, -0.1) is 0 Å². The number of hydrogen-bond donors (Lipinski definition) is 1. The zero-order valence-electron chi connectivity index (χ0n) is 17.7. The fourth-order valence-electron chi connectivity index (χ4n) is 5.40. The third-order valence-corrected chi connectivity index (χ3v) is 6.92. The molecule has 1 aliphatic heterocycles. The van der Waals surface area contributed by atoms with Gasteiger partial charge in [-0.05, 0) is 50.0 Å². The summed E-state index contributed by atoms with van der Waals surface area (Å²) in [4.78, 5) is 37.7. The summed E-state index contributed by atoms with van der Waals surface area (Å²) in [5.41, 5.74) is 0.443. The fourth-order valence-corrected chi connectivity index (χ4v) is 5.40. The first-order valence-corrected chi connectivity index (χ1v) is 11.0. The Bertz CT molecular complexity index is 854. The summed E-state index contributed by atoms with van der Waals surface area (Å²) in [6, 6.07) is 4.18. The van der Waals surface area contributed by atoms with Crippen molar-refractivity contribution in [3.63, 3.8) is 0 Å². The van der Waals surface area contributed by atoms with E-state index in [-0.39, 0.29) is 23.2 Å². The maximum atomic E-state index is 12.8. The molecule has 2 saturated carbocycles. The fraction of sp³-hybridized carbons (Fsp3) is 0.636. The number of morpholine rings is 1. The highest BCUT2D eigenvalue weighted by atomic mass is 16.6. The smallest absolute Gasteiger partial charge is 0.341 e. The van der Waals surface area contributed by atoms with Gasteiger partial charge in [-0.1, -0.05) is 6.42 Å². The monoisotopic (exact) mass is 431 g/mol. The van der Waals surface area contributed by atoms with Gasteiger partial charge >= 0.3 is 5.97 Å². The lowest BCUT2D eigenvalue weighted by Crippen LogP contribution is -2.42. The summed E-state index contributed by atoms with van der Waals surface area (Å²) in [5, 5.41) is 14.2. The molecular formula is C22H29N3O6.